The third-order valence-electron chi connectivity index (χ3n) is 2.56. The number of hydrazone groups is 1. The molecule has 92 valence electrons. The van der Waals surface area contributed by atoms with Crippen molar-refractivity contribution >= 4 is 38.9 Å². The monoisotopic (exact) mass is 292 g/mol. The third kappa shape index (κ3) is 1.82. The zero-order valence-electron chi connectivity index (χ0n) is 9.24. The van der Waals surface area contributed by atoms with E-state index < -0.39 is 10.0 Å². The van der Waals surface area contributed by atoms with Crippen molar-refractivity contribution in [1.82, 2.24) is 4.41 Å². The van der Waals surface area contributed by atoms with Crippen molar-refractivity contribution in [3.05, 3.63) is 27.7 Å². The fourth-order valence-electron chi connectivity index (χ4n) is 1.68. The van der Waals surface area contributed by atoms with Crippen LogP contribution < -0.4 is 0 Å². The van der Waals surface area contributed by atoms with E-state index in [9.17, 15) is 8.42 Å². The molecule has 4 nitrogen and oxygen atoms in total. The molecule has 0 aliphatic carbocycles. The van der Waals surface area contributed by atoms with Crippen LogP contribution in [0.15, 0.2) is 22.1 Å². The van der Waals surface area contributed by atoms with E-state index in [0.29, 0.717) is 17.7 Å². The zero-order valence-corrected chi connectivity index (χ0v) is 11.6. The lowest BCUT2D eigenvalue weighted by Crippen LogP contribution is -2.30. The first kappa shape index (κ1) is 12.7. The van der Waals surface area contributed by atoms with Crippen LogP contribution in [0.4, 0.5) is 0 Å². The number of fused-ring (bicyclic) bond motifs is 1. The number of rotatable bonds is 1. The van der Waals surface area contributed by atoms with E-state index in [2.05, 4.69) is 5.10 Å². The van der Waals surface area contributed by atoms with Gasteiger partial charge in [-0.15, -0.1) is 0 Å². The van der Waals surface area contributed by atoms with Gasteiger partial charge < -0.3 is 0 Å². The zero-order chi connectivity index (χ0) is 12.8. The summed E-state index contributed by atoms with van der Waals surface area (Å²) in [5.41, 5.74) is 1.20. The molecule has 0 fully saturated rings. The lowest BCUT2D eigenvalue weighted by atomic mass is 10.1. The quantitative estimate of drug-likeness (QED) is 0.799. The second kappa shape index (κ2) is 4.15. The Hall–Kier alpha value is -0.780. The van der Waals surface area contributed by atoms with Crippen LogP contribution in [0.1, 0.15) is 18.9 Å². The Bertz CT molecular complexity index is 611. The first-order chi connectivity index (χ1) is 7.89. The largest absolute Gasteiger partial charge is 0.280 e. The second-order valence-corrected chi connectivity index (χ2v) is 6.25. The van der Waals surface area contributed by atoms with Gasteiger partial charge in [0.15, 0.2) is 0 Å². The first-order valence-corrected chi connectivity index (χ1v) is 7.14. The Morgan fingerprint density at radius 3 is 2.59 bits per heavy atom. The Morgan fingerprint density at radius 2 is 2.00 bits per heavy atom. The average molecular weight is 293 g/mol. The highest BCUT2D eigenvalue weighted by molar-refractivity contribution is 7.89. The van der Waals surface area contributed by atoms with Gasteiger partial charge in [-0.1, -0.05) is 36.2 Å². The summed E-state index contributed by atoms with van der Waals surface area (Å²) in [6.07, 6.45) is 0.616. The number of hydrogen-bond acceptors (Lipinski definition) is 3. The summed E-state index contributed by atoms with van der Waals surface area (Å²) >= 11 is 11.8. The number of nitrogens with zero attached hydrogens (tertiary/aromatic N) is 2. The summed E-state index contributed by atoms with van der Waals surface area (Å²) in [5.74, 6) is 0. The predicted molar refractivity (Wildman–Crippen MR) is 68.2 cm³/mol. The van der Waals surface area contributed by atoms with E-state index in [1.165, 1.54) is 7.05 Å². The van der Waals surface area contributed by atoms with Crippen molar-refractivity contribution < 1.29 is 8.42 Å². The van der Waals surface area contributed by atoms with E-state index in [-0.39, 0.29) is 14.9 Å². The summed E-state index contributed by atoms with van der Waals surface area (Å²) in [7, 11) is -2.31. The van der Waals surface area contributed by atoms with Crippen LogP contribution in [0.25, 0.3) is 0 Å². The molecule has 0 amide bonds. The molecule has 0 spiro atoms. The van der Waals surface area contributed by atoms with E-state index >= 15 is 0 Å². The molecule has 2 rings (SSSR count). The van der Waals surface area contributed by atoms with Gasteiger partial charge >= 0.3 is 0 Å². The summed E-state index contributed by atoms with van der Waals surface area (Å²) in [4.78, 5) is 0.0426. The Kier molecular flexibility index (Phi) is 3.10. The van der Waals surface area contributed by atoms with Crippen LogP contribution in [0.3, 0.4) is 0 Å². The van der Waals surface area contributed by atoms with Gasteiger partial charge in [0.1, 0.15) is 4.90 Å². The molecule has 0 N–H and O–H groups in total. The van der Waals surface area contributed by atoms with Crippen molar-refractivity contribution in [2.45, 2.75) is 18.2 Å². The van der Waals surface area contributed by atoms with Gasteiger partial charge in [0.05, 0.1) is 15.8 Å². The maximum atomic E-state index is 12.1. The van der Waals surface area contributed by atoms with Gasteiger partial charge in [-0.05, 0) is 12.5 Å². The van der Waals surface area contributed by atoms with Gasteiger partial charge in [-0.3, -0.25) is 0 Å². The molecule has 0 bridgehead atoms. The molecule has 1 aromatic rings. The molecule has 0 saturated heterocycles. The summed E-state index contributed by atoms with van der Waals surface area (Å²) in [6.45, 7) is 1.90. The average Bonchev–Trinajstić information content (AvgIpc) is 2.27. The molecule has 0 saturated carbocycles. The predicted octanol–water partition coefficient (Wildman–Crippen LogP) is 2.74. The highest BCUT2D eigenvalue weighted by atomic mass is 35.5. The van der Waals surface area contributed by atoms with E-state index in [1.807, 2.05) is 6.92 Å². The molecular formula is C10H10Cl2N2O2S. The van der Waals surface area contributed by atoms with Crippen molar-refractivity contribution in [3.8, 4) is 0 Å². The molecule has 0 unspecified atom stereocenters. The molecule has 0 atom stereocenters. The van der Waals surface area contributed by atoms with Crippen molar-refractivity contribution in [3.63, 3.8) is 0 Å². The van der Waals surface area contributed by atoms with Gasteiger partial charge in [0.25, 0.3) is 10.0 Å². The highest BCUT2D eigenvalue weighted by Gasteiger charge is 2.33. The number of halogens is 2. The normalized spacial score (nSPS) is 17.6. The van der Waals surface area contributed by atoms with Crippen molar-refractivity contribution in [1.29, 1.82) is 0 Å². The molecule has 1 aliphatic heterocycles. The first-order valence-electron chi connectivity index (χ1n) is 4.94. The topological polar surface area (TPSA) is 49.7 Å². The third-order valence-corrected chi connectivity index (χ3v) is 5.20. The summed E-state index contributed by atoms with van der Waals surface area (Å²) in [5, 5.41) is 4.30. The molecule has 7 heteroatoms. The molecular weight excluding hydrogens is 283 g/mol. The van der Waals surface area contributed by atoms with E-state index in [4.69, 9.17) is 23.2 Å². The van der Waals surface area contributed by atoms with Crippen LogP contribution in [-0.2, 0) is 10.0 Å². The minimum absolute atomic E-state index is 0.0426. The van der Waals surface area contributed by atoms with E-state index in [0.717, 1.165) is 4.41 Å². The van der Waals surface area contributed by atoms with Crippen molar-refractivity contribution in [2.75, 3.05) is 7.05 Å². The van der Waals surface area contributed by atoms with Gasteiger partial charge in [0.2, 0.25) is 0 Å². The molecule has 0 radical (unpaired) electrons. The smallest absolute Gasteiger partial charge is 0.200 e. The van der Waals surface area contributed by atoms with Crippen LogP contribution in [0, 0.1) is 0 Å². The second-order valence-electron chi connectivity index (χ2n) is 3.58. The lowest BCUT2D eigenvalue weighted by Gasteiger charge is -2.24. The summed E-state index contributed by atoms with van der Waals surface area (Å²) in [6, 6.07) is 3.21. The number of benzene rings is 1. The Morgan fingerprint density at radius 1 is 1.35 bits per heavy atom. The van der Waals surface area contributed by atoms with Crippen LogP contribution in [0.5, 0.6) is 0 Å². The number of hydrogen-bond donors (Lipinski definition) is 0. The van der Waals surface area contributed by atoms with Crippen molar-refractivity contribution in [2.24, 2.45) is 5.10 Å². The van der Waals surface area contributed by atoms with Gasteiger partial charge in [-0.2, -0.15) is 17.9 Å². The van der Waals surface area contributed by atoms with Crippen LogP contribution in [-0.4, -0.2) is 25.6 Å². The van der Waals surface area contributed by atoms with Crippen LogP contribution in [0.2, 0.25) is 10.0 Å². The van der Waals surface area contributed by atoms with Crippen LogP contribution >= 0.6 is 23.2 Å². The Labute approximate surface area is 110 Å². The standard InChI is InChI=1S/C10H10Cl2N2O2S/c1-3-8-6-4-5-7(11)9(12)10(6)17(15,16)14(2)13-8/h4-5H,3H2,1-2H3. The minimum Gasteiger partial charge on any atom is -0.200 e. The number of sulfonamides is 1. The molecule has 0 aromatic heterocycles. The maximum Gasteiger partial charge on any atom is 0.280 e. The van der Waals surface area contributed by atoms with Gasteiger partial charge in [-0.25, -0.2) is 0 Å². The minimum atomic E-state index is -3.69. The fourth-order valence-corrected chi connectivity index (χ4v) is 3.62. The van der Waals surface area contributed by atoms with Gasteiger partial charge in [0, 0.05) is 12.6 Å². The molecule has 1 aliphatic rings. The SMILES string of the molecule is CCC1=NN(C)S(=O)(=O)c2c1ccc(Cl)c2Cl. The maximum absolute atomic E-state index is 12.1. The molecule has 1 heterocycles. The Balaban J connectivity index is 2.86. The highest BCUT2D eigenvalue weighted by Crippen LogP contribution is 2.36. The lowest BCUT2D eigenvalue weighted by molar-refractivity contribution is 0.484. The fraction of sp³-hybridized carbons (Fsp3) is 0.300. The molecule has 17 heavy (non-hydrogen) atoms. The summed E-state index contributed by atoms with van der Waals surface area (Å²) < 4.78 is 25.2. The van der Waals surface area contributed by atoms with E-state index in [1.54, 1.807) is 12.1 Å². The molecule has 1 aromatic carbocycles.